The average Bonchev–Trinajstić information content (AvgIpc) is 2.88. The van der Waals surface area contributed by atoms with Crippen LogP contribution < -0.4 is 0 Å². The van der Waals surface area contributed by atoms with Crippen LogP contribution in [0.1, 0.15) is 43.5 Å². The van der Waals surface area contributed by atoms with E-state index in [1.54, 1.807) is 6.20 Å². The van der Waals surface area contributed by atoms with Crippen LogP contribution in [0.5, 0.6) is 0 Å². The van der Waals surface area contributed by atoms with Gasteiger partial charge < -0.3 is 14.7 Å². The standard InChI is InChI=1S/C14H19N3O/c1-14(2)7-11-10(12(18)8-14)3-6-17(11)9-13-15-4-5-16-13/h3-6,12,18H,7-9H2,1-2H3,(H,15,16). The molecule has 0 aliphatic heterocycles. The molecule has 2 N–H and O–H groups in total. The Morgan fingerprint density at radius 3 is 3.11 bits per heavy atom. The largest absolute Gasteiger partial charge is 0.388 e. The number of imidazole rings is 1. The Labute approximate surface area is 107 Å². The molecule has 1 aliphatic carbocycles. The van der Waals surface area contributed by atoms with Gasteiger partial charge in [-0.15, -0.1) is 0 Å². The number of H-pyrrole nitrogens is 1. The molecular weight excluding hydrogens is 226 g/mol. The van der Waals surface area contributed by atoms with Crippen LogP contribution in [0.15, 0.2) is 24.7 Å². The first kappa shape index (κ1) is 11.5. The molecular formula is C14H19N3O. The van der Waals surface area contributed by atoms with Crippen LogP contribution in [0.3, 0.4) is 0 Å². The second kappa shape index (κ2) is 3.99. The Morgan fingerprint density at radius 2 is 2.39 bits per heavy atom. The van der Waals surface area contributed by atoms with Gasteiger partial charge in [-0.1, -0.05) is 13.8 Å². The Hall–Kier alpha value is -1.55. The predicted molar refractivity (Wildman–Crippen MR) is 69.2 cm³/mol. The maximum atomic E-state index is 10.2. The number of aromatic nitrogens is 3. The molecule has 1 atom stereocenters. The van der Waals surface area contributed by atoms with Gasteiger partial charge >= 0.3 is 0 Å². The van der Waals surface area contributed by atoms with Crippen molar-refractivity contribution in [2.75, 3.05) is 0 Å². The normalized spacial score (nSPS) is 21.8. The SMILES string of the molecule is CC1(C)Cc2c(ccn2Cc2ncc[nH]2)C(O)C1. The van der Waals surface area contributed by atoms with Crippen molar-refractivity contribution in [3.05, 3.63) is 41.7 Å². The lowest BCUT2D eigenvalue weighted by Crippen LogP contribution is -2.27. The summed E-state index contributed by atoms with van der Waals surface area (Å²) >= 11 is 0. The summed E-state index contributed by atoms with van der Waals surface area (Å²) < 4.78 is 2.19. The Kier molecular flexibility index (Phi) is 2.55. The van der Waals surface area contributed by atoms with E-state index in [4.69, 9.17) is 0 Å². The van der Waals surface area contributed by atoms with Crippen LogP contribution in [0.25, 0.3) is 0 Å². The molecule has 96 valence electrons. The van der Waals surface area contributed by atoms with Crippen LogP contribution in [0, 0.1) is 5.41 Å². The van der Waals surface area contributed by atoms with Crippen LogP contribution in [-0.2, 0) is 13.0 Å². The highest BCUT2D eigenvalue weighted by atomic mass is 16.3. The van der Waals surface area contributed by atoms with Crippen molar-refractivity contribution in [3.63, 3.8) is 0 Å². The first-order valence-corrected chi connectivity index (χ1v) is 6.39. The minimum atomic E-state index is -0.332. The first-order valence-electron chi connectivity index (χ1n) is 6.39. The van der Waals surface area contributed by atoms with E-state index in [0.29, 0.717) is 0 Å². The smallest absolute Gasteiger partial charge is 0.126 e. The quantitative estimate of drug-likeness (QED) is 0.852. The zero-order valence-electron chi connectivity index (χ0n) is 10.8. The molecule has 4 nitrogen and oxygen atoms in total. The average molecular weight is 245 g/mol. The van der Waals surface area contributed by atoms with E-state index in [0.717, 1.165) is 30.8 Å². The lowest BCUT2D eigenvalue weighted by atomic mass is 9.75. The molecule has 0 bridgehead atoms. The number of fused-ring (bicyclic) bond motifs is 1. The van der Waals surface area contributed by atoms with E-state index < -0.39 is 0 Å². The van der Waals surface area contributed by atoms with Crippen LogP contribution in [-0.4, -0.2) is 19.6 Å². The van der Waals surface area contributed by atoms with Crippen molar-refractivity contribution in [3.8, 4) is 0 Å². The second-order valence-electron chi connectivity index (χ2n) is 5.94. The minimum absolute atomic E-state index is 0.158. The molecule has 0 fully saturated rings. The van der Waals surface area contributed by atoms with E-state index in [1.807, 2.05) is 12.3 Å². The molecule has 0 radical (unpaired) electrons. The van der Waals surface area contributed by atoms with Gasteiger partial charge in [0, 0.05) is 29.8 Å². The summed E-state index contributed by atoms with van der Waals surface area (Å²) in [4.78, 5) is 7.38. The van der Waals surface area contributed by atoms with Crippen LogP contribution in [0.2, 0.25) is 0 Å². The zero-order valence-corrected chi connectivity index (χ0v) is 10.8. The molecule has 3 rings (SSSR count). The molecule has 0 amide bonds. The number of aromatic amines is 1. The minimum Gasteiger partial charge on any atom is -0.388 e. The molecule has 2 heterocycles. The fourth-order valence-corrected chi connectivity index (χ4v) is 2.88. The third-order valence-electron chi connectivity index (χ3n) is 3.74. The Balaban J connectivity index is 1.94. The summed E-state index contributed by atoms with van der Waals surface area (Å²) in [5, 5.41) is 10.2. The molecule has 0 saturated heterocycles. The molecule has 0 aromatic carbocycles. The summed E-state index contributed by atoms with van der Waals surface area (Å²) in [5.74, 6) is 0.950. The molecule has 2 aromatic heterocycles. The highest BCUT2D eigenvalue weighted by Crippen LogP contribution is 2.41. The van der Waals surface area contributed by atoms with Gasteiger partial charge in [0.05, 0.1) is 12.6 Å². The number of hydrogen-bond donors (Lipinski definition) is 2. The van der Waals surface area contributed by atoms with Crippen LogP contribution in [0.4, 0.5) is 0 Å². The van der Waals surface area contributed by atoms with Gasteiger partial charge in [-0.2, -0.15) is 0 Å². The molecule has 18 heavy (non-hydrogen) atoms. The number of aliphatic hydroxyl groups is 1. The van der Waals surface area contributed by atoms with Gasteiger partial charge in [0.2, 0.25) is 0 Å². The highest BCUT2D eigenvalue weighted by Gasteiger charge is 2.33. The Bertz CT molecular complexity index is 539. The Morgan fingerprint density at radius 1 is 1.56 bits per heavy atom. The molecule has 1 unspecified atom stereocenters. The third-order valence-corrected chi connectivity index (χ3v) is 3.74. The number of nitrogens with zero attached hydrogens (tertiary/aromatic N) is 2. The summed E-state index contributed by atoms with van der Waals surface area (Å²) in [6.45, 7) is 5.16. The molecule has 2 aromatic rings. The van der Waals surface area contributed by atoms with Crippen LogP contribution >= 0.6 is 0 Å². The van der Waals surface area contributed by atoms with Gasteiger partial charge in [-0.3, -0.25) is 0 Å². The van der Waals surface area contributed by atoms with Crippen molar-refractivity contribution in [1.29, 1.82) is 0 Å². The molecule has 0 saturated carbocycles. The van der Waals surface area contributed by atoms with Crippen molar-refractivity contribution >= 4 is 0 Å². The number of rotatable bonds is 2. The van der Waals surface area contributed by atoms with Gasteiger partial charge in [-0.25, -0.2) is 4.98 Å². The molecule has 4 heteroatoms. The number of hydrogen-bond acceptors (Lipinski definition) is 2. The molecule has 0 spiro atoms. The fourth-order valence-electron chi connectivity index (χ4n) is 2.88. The zero-order chi connectivity index (χ0) is 12.8. The van der Waals surface area contributed by atoms with Gasteiger partial charge in [0.15, 0.2) is 0 Å². The first-order chi connectivity index (χ1) is 8.55. The lowest BCUT2D eigenvalue weighted by molar-refractivity contribution is 0.0980. The number of nitrogens with one attached hydrogen (secondary N) is 1. The maximum absolute atomic E-state index is 10.2. The summed E-state index contributed by atoms with van der Waals surface area (Å²) in [5.41, 5.74) is 2.49. The van der Waals surface area contributed by atoms with Gasteiger partial charge in [0.1, 0.15) is 5.82 Å². The lowest BCUT2D eigenvalue weighted by Gasteiger charge is -2.33. The van der Waals surface area contributed by atoms with Crippen molar-refractivity contribution < 1.29 is 5.11 Å². The van der Waals surface area contributed by atoms with E-state index >= 15 is 0 Å². The van der Waals surface area contributed by atoms with E-state index in [-0.39, 0.29) is 11.5 Å². The van der Waals surface area contributed by atoms with Gasteiger partial charge in [0.25, 0.3) is 0 Å². The molecule has 1 aliphatic rings. The fraction of sp³-hybridized carbons (Fsp3) is 0.500. The van der Waals surface area contributed by atoms with Crippen molar-refractivity contribution in [2.45, 2.75) is 39.3 Å². The van der Waals surface area contributed by atoms with Crippen molar-refractivity contribution in [2.24, 2.45) is 5.41 Å². The summed E-state index contributed by atoms with van der Waals surface area (Å²) in [6, 6.07) is 2.04. The van der Waals surface area contributed by atoms with E-state index in [9.17, 15) is 5.11 Å². The topological polar surface area (TPSA) is 53.8 Å². The number of aliphatic hydroxyl groups excluding tert-OH is 1. The predicted octanol–water partition coefficient (Wildman–Crippen LogP) is 2.27. The summed E-state index contributed by atoms with van der Waals surface area (Å²) in [6.07, 6.45) is 7.17. The second-order valence-corrected chi connectivity index (χ2v) is 5.94. The van der Waals surface area contributed by atoms with Gasteiger partial charge in [-0.05, 0) is 24.3 Å². The monoisotopic (exact) mass is 245 g/mol. The van der Waals surface area contributed by atoms with Crippen molar-refractivity contribution in [1.82, 2.24) is 14.5 Å². The summed E-state index contributed by atoms with van der Waals surface area (Å²) in [7, 11) is 0. The maximum Gasteiger partial charge on any atom is 0.126 e. The third kappa shape index (κ3) is 1.97. The van der Waals surface area contributed by atoms with E-state index in [2.05, 4.69) is 34.6 Å². The van der Waals surface area contributed by atoms with E-state index in [1.165, 1.54) is 5.69 Å². The highest BCUT2D eigenvalue weighted by molar-refractivity contribution is 5.29.